The van der Waals surface area contributed by atoms with Gasteiger partial charge in [-0.25, -0.2) is 4.79 Å². The SMILES string of the molecule is CCOC(=O)c1ccc(NC(=O)CSc2nnc(CNC(=O)/C=C/c3ccc(OC)c(OC)c3)n2CC)cc1. The fourth-order valence-electron chi connectivity index (χ4n) is 3.46. The molecule has 1 aromatic heterocycles. The number of nitrogens with one attached hydrogen (secondary N) is 2. The zero-order valence-electron chi connectivity index (χ0n) is 22.2. The van der Waals surface area contributed by atoms with Gasteiger partial charge in [0.15, 0.2) is 22.5 Å². The first kappa shape index (κ1) is 29.2. The maximum atomic E-state index is 12.4. The Bertz CT molecular complexity index is 1320. The summed E-state index contributed by atoms with van der Waals surface area (Å²) in [7, 11) is 3.11. The number of hydrogen-bond acceptors (Lipinski definition) is 9. The van der Waals surface area contributed by atoms with Gasteiger partial charge in [-0.1, -0.05) is 17.8 Å². The molecule has 0 atom stereocenters. The smallest absolute Gasteiger partial charge is 0.338 e. The lowest BCUT2D eigenvalue weighted by Gasteiger charge is -2.09. The van der Waals surface area contributed by atoms with Crippen molar-refractivity contribution in [2.24, 2.45) is 0 Å². The second kappa shape index (κ2) is 14.6. The van der Waals surface area contributed by atoms with E-state index in [0.717, 1.165) is 5.56 Å². The number of benzene rings is 2. The minimum Gasteiger partial charge on any atom is -0.493 e. The summed E-state index contributed by atoms with van der Waals surface area (Å²) in [6, 6.07) is 11.8. The number of amides is 2. The van der Waals surface area contributed by atoms with Gasteiger partial charge in [0.1, 0.15) is 0 Å². The Balaban J connectivity index is 1.51. The molecule has 0 aliphatic rings. The van der Waals surface area contributed by atoms with Crippen LogP contribution < -0.4 is 20.1 Å². The average Bonchev–Trinajstić information content (AvgIpc) is 3.35. The van der Waals surface area contributed by atoms with Gasteiger partial charge in [0.2, 0.25) is 11.8 Å². The molecule has 0 fully saturated rings. The molecule has 2 aromatic carbocycles. The van der Waals surface area contributed by atoms with E-state index in [1.807, 2.05) is 17.6 Å². The molecule has 0 saturated heterocycles. The standard InChI is InChI=1S/C27H31N5O6S/c1-5-32-23(16-28-24(33)14-8-18-7-13-21(36-3)22(15-18)37-4)30-31-27(32)39-17-25(34)29-20-11-9-19(10-12-20)26(35)38-6-2/h7-15H,5-6,16-17H2,1-4H3,(H,28,33)(H,29,34)/b14-8+. The van der Waals surface area contributed by atoms with Crippen molar-refractivity contribution >= 4 is 41.3 Å². The number of hydrogen-bond donors (Lipinski definition) is 2. The summed E-state index contributed by atoms with van der Waals surface area (Å²) in [5, 5.41) is 14.5. The van der Waals surface area contributed by atoms with Crippen LogP contribution in [0.2, 0.25) is 0 Å². The number of thioether (sulfide) groups is 1. The minimum atomic E-state index is -0.411. The van der Waals surface area contributed by atoms with Crippen molar-refractivity contribution in [3.63, 3.8) is 0 Å². The number of nitrogens with zero attached hydrogens (tertiary/aromatic N) is 3. The summed E-state index contributed by atoms with van der Waals surface area (Å²) in [6.07, 6.45) is 3.10. The molecular weight excluding hydrogens is 522 g/mol. The van der Waals surface area contributed by atoms with Crippen molar-refractivity contribution in [1.82, 2.24) is 20.1 Å². The molecule has 0 bridgehead atoms. The number of rotatable bonds is 13. The molecule has 11 nitrogen and oxygen atoms in total. The molecule has 0 spiro atoms. The van der Waals surface area contributed by atoms with E-state index in [2.05, 4.69) is 20.8 Å². The molecule has 39 heavy (non-hydrogen) atoms. The average molecular weight is 554 g/mol. The molecule has 0 aliphatic carbocycles. The molecule has 2 N–H and O–H groups in total. The van der Waals surface area contributed by atoms with Gasteiger partial charge in [0, 0.05) is 18.3 Å². The van der Waals surface area contributed by atoms with Crippen LogP contribution >= 0.6 is 11.8 Å². The maximum Gasteiger partial charge on any atom is 0.338 e. The van der Waals surface area contributed by atoms with E-state index in [0.29, 0.717) is 46.9 Å². The van der Waals surface area contributed by atoms with Gasteiger partial charge < -0.3 is 29.4 Å². The third-order valence-corrected chi connectivity index (χ3v) is 6.34. The Morgan fingerprint density at radius 2 is 1.74 bits per heavy atom. The number of esters is 1. The first-order valence-electron chi connectivity index (χ1n) is 12.2. The van der Waals surface area contributed by atoms with Crippen LogP contribution in [0.15, 0.2) is 53.7 Å². The molecule has 0 aliphatic heterocycles. The first-order valence-corrected chi connectivity index (χ1v) is 13.2. The molecule has 2 amide bonds. The lowest BCUT2D eigenvalue weighted by molar-refractivity contribution is -0.116. The number of methoxy groups -OCH3 is 2. The Labute approximate surface area is 230 Å². The van der Waals surface area contributed by atoms with Crippen molar-refractivity contribution in [2.45, 2.75) is 32.1 Å². The van der Waals surface area contributed by atoms with Crippen LogP contribution in [0.3, 0.4) is 0 Å². The number of anilines is 1. The fourth-order valence-corrected chi connectivity index (χ4v) is 4.28. The molecule has 3 rings (SSSR count). The Hall–Kier alpha value is -4.32. The summed E-state index contributed by atoms with van der Waals surface area (Å²) >= 11 is 1.24. The normalized spacial score (nSPS) is 10.8. The van der Waals surface area contributed by atoms with E-state index >= 15 is 0 Å². The summed E-state index contributed by atoms with van der Waals surface area (Å²) in [5.41, 5.74) is 1.76. The van der Waals surface area contributed by atoms with Crippen molar-refractivity contribution in [3.8, 4) is 11.5 Å². The molecule has 0 unspecified atom stereocenters. The van der Waals surface area contributed by atoms with Crippen molar-refractivity contribution < 1.29 is 28.6 Å². The Morgan fingerprint density at radius 3 is 2.41 bits per heavy atom. The van der Waals surface area contributed by atoms with E-state index in [4.69, 9.17) is 14.2 Å². The van der Waals surface area contributed by atoms with E-state index in [9.17, 15) is 14.4 Å². The van der Waals surface area contributed by atoms with Crippen LogP contribution in [-0.4, -0.2) is 59.1 Å². The molecule has 0 radical (unpaired) electrons. The largest absolute Gasteiger partial charge is 0.493 e. The molecule has 12 heteroatoms. The van der Waals surface area contributed by atoms with Gasteiger partial charge in [-0.3, -0.25) is 9.59 Å². The Kier molecular flexibility index (Phi) is 10.9. The van der Waals surface area contributed by atoms with Gasteiger partial charge in [-0.05, 0) is 61.9 Å². The molecule has 3 aromatic rings. The van der Waals surface area contributed by atoms with Crippen LogP contribution in [0.1, 0.15) is 35.6 Å². The van der Waals surface area contributed by atoms with E-state index in [1.165, 1.54) is 17.8 Å². The lowest BCUT2D eigenvalue weighted by atomic mass is 10.2. The third-order valence-electron chi connectivity index (χ3n) is 5.38. The first-order chi connectivity index (χ1) is 18.9. The molecule has 206 valence electrons. The maximum absolute atomic E-state index is 12.4. The van der Waals surface area contributed by atoms with E-state index < -0.39 is 5.97 Å². The third kappa shape index (κ3) is 8.34. The summed E-state index contributed by atoms with van der Waals surface area (Å²) < 4.78 is 17.3. The van der Waals surface area contributed by atoms with Gasteiger partial charge in [-0.2, -0.15) is 0 Å². The molecule has 0 saturated carbocycles. The van der Waals surface area contributed by atoms with Crippen LogP contribution in [0.5, 0.6) is 11.5 Å². The second-order valence-corrected chi connectivity index (χ2v) is 8.89. The highest BCUT2D eigenvalue weighted by Crippen LogP contribution is 2.28. The lowest BCUT2D eigenvalue weighted by Crippen LogP contribution is -2.22. The van der Waals surface area contributed by atoms with E-state index in [-0.39, 0.29) is 24.1 Å². The molecular formula is C27H31N5O6S. The second-order valence-electron chi connectivity index (χ2n) is 7.94. The van der Waals surface area contributed by atoms with Crippen molar-refractivity contribution in [1.29, 1.82) is 0 Å². The van der Waals surface area contributed by atoms with Crippen molar-refractivity contribution in [2.75, 3.05) is 31.9 Å². The highest BCUT2D eigenvalue weighted by molar-refractivity contribution is 7.99. The number of carbonyl (C=O) groups is 3. The van der Waals surface area contributed by atoms with Gasteiger partial charge in [0.05, 0.1) is 38.7 Å². The van der Waals surface area contributed by atoms with E-state index in [1.54, 1.807) is 63.6 Å². The van der Waals surface area contributed by atoms with Crippen LogP contribution in [0.4, 0.5) is 5.69 Å². The summed E-state index contributed by atoms with van der Waals surface area (Å²) in [6.45, 7) is 4.71. The van der Waals surface area contributed by atoms with Gasteiger partial charge >= 0.3 is 5.97 Å². The van der Waals surface area contributed by atoms with Gasteiger partial charge in [-0.15, -0.1) is 10.2 Å². The summed E-state index contributed by atoms with van der Waals surface area (Å²) in [4.78, 5) is 36.5. The highest BCUT2D eigenvalue weighted by atomic mass is 32.2. The Morgan fingerprint density at radius 1 is 1.00 bits per heavy atom. The number of aromatic nitrogens is 3. The fraction of sp³-hybridized carbons (Fsp3) is 0.296. The monoisotopic (exact) mass is 553 g/mol. The quantitative estimate of drug-likeness (QED) is 0.185. The predicted molar refractivity (Wildman–Crippen MR) is 148 cm³/mol. The topological polar surface area (TPSA) is 134 Å². The van der Waals surface area contributed by atoms with Crippen LogP contribution in [-0.2, 0) is 27.4 Å². The minimum absolute atomic E-state index is 0.109. The zero-order chi connectivity index (χ0) is 28.2. The van der Waals surface area contributed by atoms with Crippen LogP contribution in [0, 0.1) is 0 Å². The zero-order valence-corrected chi connectivity index (χ0v) is 23.0. The number of carbonyl (C=O) groups excluding carboxylic acids is 3. The summed E-state index contributed by atoms with van der Waals surface area (Å²) in [5.74, 6) is 0.921. The van der Waals surface area contributed by atoms with Gasteiger partial charge in [0.25, 0.3) is 0 Å². The van der Waals surface area contributed by atoms with Crippen molar-refractivity contribution in [3.05, 3.63) is 65.5 Å². The van der Waals surface area contributed by atoms with Crippen LogP contribution in [0.25, 0.3) is 6.08 Å². The number of ether oxygens (including phenoxy) is 3. The highest BCUT2D eigenvalue weighted by Gasteiger charge is 2.14. The molecule has 1 heterocycles. The predicted octanol–water partition coefficient (Wildman–Crippen LogP) is 3.55.